The van der Waals surface area contributed by atoms with Crippen LogP contribution in [0, 0.1) is 12.8 Å². The van der Waals surface area contributed by atoms with Gasteiger partial charge in [0.15, 0.2) is 9.84 Å². The minimum atomic E-state index is -3.30. The molecule has 0 heterocycles. The predicted octanol–water partition coefficient (Wildman–Crippen LogP) is 3.77. The molecule has 4 heteroatoms. The molecule has 3 nitrogen and oxygen atoms in total. The SMILES string of the molecule is CC(=NCS(=O)(=O)c1ccc(C)cc1)C1CCCCC1. The summed E-state index contributed by atoms with van der Waals surface area (Å²) in [5.74, 6) is 0.357. The molecule has 110 valence electrons. The van der Waals surface area contributed by atoms with Gasteiger partial charge in [-0.2, -0.15) is 0 Å². The zero-order valence-electron chi connectivity index (χ0n) is 12.3. The van der Waals surface area contributed by atoms with E-state index in [9.17, 15) is 8.42 Å². The number of aryl methyl sites for hydroxylation is 1. The molecule has 2 rings (SSSR count). The maximum absolute atomic E-state index is 12.2. The van der Waals surface area contributed by atoms with Gasteiger partial charge in [0, 0.05) is 5.71 Å². The van der Waals surface area contributed by atoms with E-state index in [1.165, 1.54) is 19.3 Å². The van der Waals surface area contributed by atoms with Crippen molar-refractivity contribution in [1.82, 2.24) is 0 Å². The molecule has 1 aliphatic carbocycles. The minimum Gasteiger partial charge on any atom is -0.278 e. The molecule has 0 radical (unpaired) electrons. The van der Waals surface area contributed by atoms with Crippen LogP contribution in [0.3, 0.4) is 0 Å². The summed E-state index contributed by atoms with van der Waals surface area (Å²) in [5.41, 5.74) is 2.06. The van der Waals surface area contributed by atoms with Crippen LogP contribution >= 0.6 is 0 Å². The number of hydrogen-bond donors (Lipinski definition) is 0. The minimum absolute atomic E-state index is 0.127. The van der Waals surface area contributed by atoms with Crippen LogP contribution in [-0.2, 0) is 9.84 Å². The van der Waals surface area contributed by atoms with Crippen molar-refractivity contribution >= 4 is 15.5 Å². The molecule has 0 spiro atoms. The fourth-order valence-electron chi connectivity index (χ4n) is 2.66. The van der Waals surface area contributed by atoms with Gasteiger partial charge < -0.3 is 0 Å². The monoisotopic (exact) mass is 293 g/mol. The van der Waals surface area contributed by atoms with Gasteiger partial charge in [-0.3, -0.25) is 4.99 Å². The first-order chi connectivity index (χ1) is 9.49. The molecule has 0 unspecified atom stereocenters. The first-order valence-electron chi connectivity index (χ1n) is 7.29. The summed E-state index contributed by atoms with van der Waals surface area (Å²) in [4.78, 5) is 4.71. The Bertz CT molecular complexity index is 567. The van der Waals surface area contributed by atoms with E-state index in [2.05, 4.69) is 4.99 Å². The first-order valence-corrected chi connectivity index (χ1v) is 8.94. The lowest BCUT2D eigenvalue weighted by Gasteiger charge is -2.21. The molecule has 0 bridgehead atoms. The molecule has 20 heavy (non-hydrogen) atoms. The Morgan fingerprint density at radius 2 is 1.75 bits per heavy atom. The van der Waals surface area contributed by atoms with Crippen LogP contribution in [0.4, 0.5) is 0 Å². The molecular weight excluding hydrogens is 270 g/mol. The highest BCUT2D eigenvalue weighted by Gasteiger charge is 2.18. The van der Waals surface area contributed by atoms with Crippen molar-refractivity contribution in [3.63, 3.8) is 0 Å². The molecule has 1 saturated carbocycles. The van der Waals surface area contributed by atoms with Gasteiger partial charge in [-0.1, -0.05) is 37.0 Å². The van der Waals surface area contributed by atoms with Crippen LogP contribution in [0.25, 0.3) is 0 Å². The van der Waals surface area contributed by atoms with Gasteiger partial charge in [0.2, 0.25) is 0 Å². The Morgan fingerprint density at radius 1 is 1.15 bits per heavy atom. The Hall–Kier alpha value is -1.16. The number of sulfone groups is 1. The number of nitrogens with zero attached hydrogens (tertiary/aromatic N) is 1. The topological polar surface area (TPSA) is 46.5 Å². The lowest BCUT2D eigenvalue weighted by molar-refractivity contribution is 0.438. The van der Waals surface area contributed by atoms with E-state index in [-0.39, 0.29) is 5.88 Å². The smallest absolute Gasteiger partial charge is 0.198 e. The molecule has 0 aliphatic heterocycles. The molecule has 0 atom stereocenters. The van der Waals surface area contributed by atoms with E-state index in [1.807, 2.05) is 26.0 Å². The van der Waals surface area contributed by atoms with Crippen molar-refractivity contribution in [2.45, 2.75) is 50.8 Å². The third-order valence-corrected chi connectivity index (χ3v) is 5.52. The Balaban J connectivity index is 2.06. The first kappa shape index (κ1) is 15.2. The summed E-state index contributed by atoms with van der Waals surface area (Å²) in [6, 6.07) is 6.97. The molecule has 0 aromatic heterocycles. The molecule has 1 fully saturated rings. The number of rotatable bonds is 4. The molecule has 0 amide bonds. The maximum atomic E-state index is 12.2. The number of hydrogen-bond acceptors (Lipinski definition) is 3. The van der Waals surface area contributed by atoms with E-state index in [4.69, 9.17) is 0 Å². The largest absolute Gasteiger partial charge is 0.278 e. The molecule has 0 N–H and O–H groups in total. The predicted molar refractivity (Wildman–Crippen MR) is 82.9 cm³/mol. The summed E-state index contributed by atoms with van der Waals surface area (Å²) >= 11 is 0. The van der Waals surface area contributed by atoms with E-state index in [0.717, 1.165) is 24.1 Å². The lowest BCUT2D eigenvalue weighted by Crippen LogP contribution is -2.16. The quantitative estimate of drug-likeness (QED) is 0.793. The van der Waals surface area contributed by atoms with Gasteiger partial charge in [-0.15, -0.1) is 0 Å². The summed E-state index contributed by atoms with van der Waals surface area (Å²) in [6.07, 6.45) is 6.08. The molecule has 1 aliphatic rings. The molecule has 1 aromatic carbocycles. The molecule has 0 saturated heterocycles. The zero-order valence-corrected chi connectivity index (χ0v) is 13.1. The van der Waals surface area contributed by atoms with Crippen LogP contribution in [0.2, 0.25) is 0 Å². The maximum Gasteiger partial charge on any atom is 0.198 e. The zero-order chi connectivity index (χ0) is 14.6. The highest BCUT2D eigenvalue weighted by molar-refractivity contribution is 7.91. The van der Waals surface area contributed by atoms with Gasteiger partial charge in [0.25, 0.3) is 0 Å². The third-order valence-electron chi connectivity index (χ3n) is 4.06. The normalized spacial score (nSPS) is 18.2. The van der Waals surface area contributed by atoms with E-state index < -0.39 is 9.84 Å². The van der Waals surface area contributed by atoms with Gasteiger partial charge in [-0.25, -0.2) is 8.42 Å². The van der Waals surface area contributed by atoms with Crippen LogP contribution in [0.5, 0.6) is 0 Å². The fourth-order valence-corrected chi connectivity index (χ4v) is 3.73. The van der Waals surface area contributed by atoms with Crippen molar-refractivity contribution in [3.05, 3.63) is 29.8 Å². The van der Waals surface area contributed by atoms with Gasteiger partial charge in [0.1, 0.15) is 5.88 Å². The second-order valence-corrected chi connectivity index (χ2v) is 7.65. The standard InChI is InChI=1S/C16H23NO2S/c1-13-8-10-16(11-9-13)20(18,19)12-17-14(2)15-6-4-3-5-7-15/h8-11,15H,3-7,12H2,1-2H3. The van der Waals surface area contributed by atoms with Crippen LogP contribution in [0.15, 0.2) is 34.2 Å². The highest BCUT2D eigenvalue weighted by atomic mass is 32.2. The summed E-state index contributed by atoms with van der Waals surface area (Å²) < 4.78 is 24.4. The van der Waals surface area contributed by atoms with Gasteiger partial charge in [-0.05, 0) is 44.7 Å². The van der Waals surface area contributed by atoms with Crippen molar-refractivity contribution in [2.24, 2.45) is 10.9 Å². The van der Waals surface area contributed by atoms with Crippen LogP contribution < -0.4 is 0 Å². The Kier molecular flexibility index (Phi) is 4.97. The average Bonchev–Trinajstić information content (AvgIpc) is 2.46. The van der Waals surface area contributed by atoms with E-state index >= 15 is 0 Å². The van der Waals surface area contributed by atoms with E-state index in [0.29, 0.717) is 10.8 Å². The summed E-state index contributed by atoms with van der Waals surface area (Å²) in [5, 5.41) is 0. The fraction of sp³-hybridized carbons (Fsp3) is 0.562. The third kappa shape index (κ3) is 3.92. The highest BCUT2D eigenvalue weighted by Crippen LogP contribution is 2.25. The van der Waals surface area contributed by atoms with Crippen molar-refractivity contribution in [1.29, 1.82) is 0 Å². The van der Waals surface area contributed by atoms with E-state index in [1.54, 1.807) is 12.1 Å². The summed E-state index contributed by atoms with van der Waals surface area (Å²) in [7, 11) is -3.30. The Morgan fingerprint density at radius 3 is 2.35 bits per heavy atom. The number of aliphatic imine (C=N–C) groups is 1. The summed E-state index contributed by atoms with van der Waals surface area (Å²) in [6.45, 7) is 3.92. The lowest BCUT2D eigenvalue weighted by atomic mass is 9.86. The Labute approximate surface area is 122 Å². The van der Waals surface area contributed by atoms with Crippen molar-refractivity contribution in [2.75, 3.05) is 5.88 Å². The number of benzene rings is 1. The van der Waals surface area contributed by atoms with Crippen molar-refractivity contribution in [3.8, 4) is 0 Å². The van der Waals surface area contributed by atoms with Crippen LogP contribution in [0.1, 0.15) is 44.6 Å². The molecular formula is C16H23NO2S. The van der Waals surface area contributed by atoms with Crippen molar-refractivity contribution < 1.29 is 8.42 Å². The second-order valence-electron chi connectivity index (χ2n) is 5.69. The molecule has 1 aromatic rings. The van der Waals surface area contributed by atoms with Gasteiger partial charge >= 0.3 is 0 Å². The average molecular weight is 293 g/mol. The second kappa shape index (κ2) is 6.53. The van der Waals surface area contributed by atoms with Crippen LogP contribution in [-0.4, -0.2) is 20.0 Å². The van der Waals surface area contributed by atoms with Gasteiger partial charge in [0.05, 0.1) is 4.90 Å².